The Balaban J connectivity index is 1.92. The van der Waals surface area contributed by atoms with Crippen LogP contribution < -0.4 is 16.1 Å². The first-order valence-electron chi connectivity index (χ1n) is 9.62. The summed E-state index contributed by atoms with van der Waals surface area (Å²) in [6.07, 6.45) is 0.826. The molecule has 1 aromatic carbocycles. The lowest BCUT2D eigenvalue weighted by Gasteiger charge is -2.29. The van der Waals surface area contributed by atoms with Gasteiger partial charge in [-0.2, -0.15) is 4.98 Å². The molecule has 2 aromatic heterocycles. The predicted octanol–water partition coefficient (Wildman–Crippen LogP) is 1.31. The van der Waals surface area contributed by atoms with Crippen molar-refractivity contribution in [3.63, 3.8) is 0 Å². The Bertz CT molecular complexity index is 1220. The lowest BCUT2D eigenvalue weighted by molar-refractivity contribution is -0.143. The highest BCUT2D eigenvalue weighted by Crippen LogP contribution is 2.31. The van der Waals surface area contributed by atoms with Crippen molar-refractivity contribution in [2.45, 2.75) is 33.4 Å². The monoisotopic (exact) mass is 397 g/mol. The zero-order chi connectivity index (χ0) is 20.7. The third-order valence-electron chi connectivity index (χ3n) is 5.12. The number of rotatable bonds is 4. The number of aryl methyl sites for hydroxylation is 3. The van der Waals surface area contributed by atoms with Crippen molar-refractivity contribution in [2.24, 2.45) is 7.05 Å². The van der Waals surface area contributed by atoms with Crippen LogP contribution in [0.15, 0.2) is 33.9 Å². The minimum atomic E-state index is -0.620. The summed E-state index contributed by atoms with van der Waals surface area (Å²) >= 11 is 0. The number of hydrogen-bond donors (Lipinski definition) is 0. The van der Waals surface area contributed by atoms with E-state index < -0.39 is 23.8 Å². The summed E-state index contributed by atoms with van der Waals surface area (Å²) in [6, 6.07) is 8.07. The largest absolute Gasteiger partial charge is 0.465 e. The summed E-state index contributed by atoms with van der Waals surface area (Å²) in [4.78, 5) is 44.4. The van der Waals surface area contributed by atoms with Crippen molar-refractivity contribution < 1.29 is 9.53 Å². The van der Waals surface area contributed by atoms with Gasteiger partial charge < -0.3 is 14.2 Å². The highest BCUT2D eigenvalue weighted by molar-refractivity contribution is 5.77. The van der Waals surface area contributed by atoms with E-state index in [0.29, 0.717) is 23.7 Å². The molecule has 3 heterocycles. The normalized spacial score (nSPS) is 13.6. The molecule has 0 N–H and O–H groups in total. The molecule has 4 rings (SSSR count). The molecule has 9 heteroatoms. The summed E-state index contributed by atoms with van der Waals surface area (Å²) in [5.74, 6) is 0.00338. The summed E-state index contributed by atoms with van der Waals surface area (Å²) in [7, 11) is 1.56. The molecule has 0 amide bonds. The van der Waals surface area contributed by atoms with Crippen LogP contribution in [-0.2, 0) is 29.7 Å². The number of carbonyl (C=O) groups excluding carboxylic acids is 1. The molecule has 9 nitrogen and oxygen atoms in total. The molecule has 29 heavy (non-hydrogen) atoms. The number of hydrogen-bond acceptors (Lipinski definition) is 6. The maximum atomic E-state index is 13.1. The van der Waals surface area contributed by atoms with Gasteiger partial charge in [0, 0.05) is 25.8 Å². The molecule has 0 fully saturated rings. The first-order chi connectivity index (χ1) is 13.9. The van der Waals surface area contributed by atoms with Crippen LogP contribution in [0.4, 0.5) is 11.6 Å². The Morgan fingerprint density at radius 1 is 1.24 bits per heavy atom. The van der Waals surface area contributed by atoms with Gasteiger partial charge in [-0.1, -0.05) is 12.1 Å². The molecule has 152 valence electrons. The second-order valence-corrected chi connectivity index (χ2v) is 7.12. The fourth-order valence-electron chi connectivity index (χ4n) is 3.78. The van der Waals surface area contributed by atoms with Crippen LogP contribution in [0.3, 0.4) is 0 Å². The van der Waals surface area contributed by atoms with Gasteiger partial charge in [0.2, 0.25) is 5.95 Å². The van der Waals surface area contributed by atoms with Gasteiger partial charge in [-0.05, 0) is 38.0 Å². The molecule has 0 saturated heterocycles. The zero-order valence-corrected chi connectivity index (χ0v) is 16.7. The molecule has 3 aromatic rings. The van der Waals surface area contributed by atoms with E-state index in [1.165, 1.54) is 4.57 Å². The molecular formula is C20H23N5O4. The number of aromatic nitrogens is 4. The highest BCUT2D eigenvalue weighted by atomic mass is 16.5. The molecule has 0 unspecified atom stereocenters. The Kier molecular flexibility index (Phi) is 4.73. The second kappa shape index (κ2) is 7.23. The van der Waals surface area contributed by atoms with Crippen molar-refractivity contribution >= 4 is 28.8 Å². The molecule has 1 aliphatic heterocycles. The van der Waals surface area contributed by atoms with E-state index in [2.05, 4.69) is 16.0 Å². The van der Waals surface area contributed by atoms with Crippen LogP contribution in [0, 0.1) is 6.92 Å². The van der Waals surface area contributed by atoms with E-state index in [1.807, 2.05) is 29.7 Å². The van der Waals surface area contributed by atoms with Gasteiger partial charge in [-0.25, -0.2) is 9.36 Å². The molecule has 0 radical (unpaired) electrons. The second-order valence-electron chi connectivity index (χ2n) is 7.12. The van der Waals surface area contributed by atoms with E-state index in [4.69, 9.17) is 4.74 Å². The topological polar surface area (TPSA) is 91.4 Å². The number of imidazole rings is 1. The minimum absolute atomic E-state index is 0.184. The fourth-order valence-corrected chi connectivity index (χ4v) is 3.78. The van der Waals surface area contributed by atoms with Gasteiger partial charge in [-0.3, -0.25) is 14.2 Å². The van der Waals surface area contributed by atoms with E-state index in [9.17, 15) is 14.4 Å². The van der Waals surface area contributed by atoms with Crippen LogP contribution >= 0.6 is 0 Å². The minimum Gasteiger partial charge on any atom is -0.465 e. The van der Waals surface area contributed by atoms with Gasteiger partial charge in [0.05, 0.1) is 6.61 Å². The van der Waals surface area contributed by atoms with Crippen molar-refractivity contribution in [3.05, 3.63) is 50.7 Å². The predicted molar refractivity (Wildman–Crippen MR) is 109 cm³/mol. The summed E-state index contributed by atoms with van der Waals surface area (Å²) < 4.78 is 8.98. The summed E-state index contributed by atoms with van der Waals surface area (Å²) in [5, 5.41) is 0. The van der Waals surface area contributed by atoms with Crippen molar-refractivity contribution in [3.8, 4) is 0 Å². The zero-order valence-electron chi connectivity index (χ0n) is 16.7. The molecule has 1 aliphatic rings. The van der Waals surface area contributed by atoms with E-state index in [1.54, 1.807) is 14.0 Å². The molecule has 0 bridgehead atoms. The standard InChI is InChI=1S/C20H23N5O4/c1-4-29-15(26)12-25-18(27)16-17(22(3)20(25)28)21-19-23(9-6-10-24(16)19)14-8-5-7-13(2)11-14/h5,7-8,11H,4,6,9-10,12H2,1-3H3. The van der Waals surface area contributed by atoms with Crippen molar-refractivity contribution in [1.82, 2.24) is 18.7 Å². The molecule has 0 atom stereocenters. The highest BCUT2D eigenvalue weighted by Gasteiger charge is 2.27. The summed E-state index contributed by atoms with van der Waals surface area (Å²) in [6.45, 7) is 4.84. The Morgan fingerprint density at radius 2 is 2.03 bits per heavy atom. The first-order valence-corrected chi connectivity index (χ1v) is 9.62. The number of nitrogens with zero attached hydrogens (tertiary/aromatic N) is 5. The number of fused-ring (bicyclic) bond motifs is 3. The maximum Gasteiger partial charge on any atom is 0.333 e. The molecule has 0 aliphatic carbocycles. The van der Waals surface area contributed by atoms with Gasteiger partial charge in [-0.15, -0.1) is 0 Å². The lowest BCUT2D eigenvalue weighted by Crippen LogP contribution is -2.41. The van der Waals surface area contributed by atoms with Gasteiger partial charge >= 0.3 is 11.7 Å². The number of ether oxygens (including phenoxy) is 1. The first kappa shape index (κ1) is 19.0. The number of esters is 1. The van der Waals surface area contributed by atoms with E-state index in [0.717, 1.165) is 28.8 Å². The third-order valence-corrected chi connectivity index (χ3v) is 5.12. The molecular weight excluding hydrogens is 374 g/mol. The van der Waals surface area contributed by atoms with E-state index >= 15 is 0 Å². The quantitative estimate of drug-likeness (QED) is 0.617. The SMILES string of the molecule is CCOC(=O)Cn1c(=O)c2c(nc3n2CCCN3c2cccc(C)c2)n(C)c1=O. The average molecular weight is 397 g/mol. The fraction of sp³-hybridized carbons (Fsp3) is 0.400. The Morgan fingerprint density at radius 3 is 2.76 bits per heavy atom. The maximum absolute atomic E-state index is 13.1. The van der Waals surface area contributed by atoms with Gasteiger partial charge in [0.15, 0.2) is 11.2 Å². The lowest BCUT2D eigenvalue weighted by atomic mass is 10.2. The number of carbonyl (C=O) groups is 1. The van der Waals surface area contributed by atoms with Gasteiger partial charge in [0.25, 0.3) is 5.56 Å². The van der Waals surface area contributed by atoms with E-state index in [-0.39, 0.29) is 6.61 Å². The third kappa shape index (κ3) is 3.12. The number of anilines is 2. The number of benzene rings is 1. The van der Waals surface area contributed by atoms with Crippen LogP contribution in [0.25, 0.3) is 11.2 Å². The van der Waals surface area contributed by atoms with Crippen LogP contribution in [0.1, 0.15) is 18.9 Å². The smallest absolute Gasteiger partial charge is 0.333 e. The van der Waals surface area contributed by atoms with Crippen molar-refractivity contribution in [2.75, 3.05) is 18.1 Å². The average Bonchev–Trinajstić information content (AvgIpc) is 3.09. The van der Waals surface area contributed by atoms with Crippen LogP contribution in [-0.4, -0.2) is 37.8 Å². The van der Waals surface area contributed by atoms with Gasteiger partial charge in [0.1, 0.15) is 6.54 Å². The molecule has 0 saturated carbocycles. The Hall–Kier alpha value is -3.36. The van der Waals surface area contributed by atoms with Crippen LogP contribution in [0.5, 0.6) is 0 Å². The molecule has 0 spiro atoms. The Labute approximate surface area is 166 Å². The summed E-state index contributed by atoms with van der Waals surface area (Å²) in [5.41, 5.74) is 1.63. The van der Waals surface area contributed by atoms with Crippen LogP contribution in [0.2, 0.25) is 0 Å². The van der Waals surface area contributed by atoms with Crippen molar-refractivity contribution in [1.29, 1.82) is 0 Å².